The van der Waals surface area contributed by atoms with Gasteiger partial charge in [0.05, 0.1) is 5.41 Å². The summed E-state index contributed by atoms with van der Waals surface area (Å²) in [6, 6.07) is 13.8. The van der Waals surface area contributed by atoms with E-state index in [1.807, 2.05) is 19.1 Å². The molecule has 4 rings (SSSR count). The fraction of sp³-hybridized carbons (Fsp3) is 0.286. The molecule has 1 aliphatic carbocycles. The predicted molar refractivity (Wildman–Crippen MR) is 93.1 cm³/mol. The topological polar surface area (TPSA) is 80.7 Å². The van der Waals surface area contributed by atoms with E-state index in [9.17, 15) is 19.5 Å². The first-order valence-corrected chi connectivity index (χ1v) is 8.57. The smallest absolute Gasteiger partial charge is 0.330 e. The molecule has 1 saturated carbocycles. The maximum atomic E-state index is 13.4. The Morgan fingerprint density at radius 3 is 2.38 bits per heavy atom. The van der Waals surface area contributed by atoms with Crippen LogP contribution in [0.5, 0.6) is 5.75 Å². The van der Waals surface area contributed by atoms with E-state index in [-0.39, 0.29) is 12.2 Å². The molecule has 2 aromatic carbocycles. The van der Waals surface area contributed by atoms with Crippen molar-refractivity contribution in [3.63, 3.8) is 0 Å². The number of carboxylic acid groups (broad SMARTS) is 1. The number of rotatable bonds is 4. The number of hydrogen-bond acceptors (Lipinski definition) is 4. The lowest BCUT2D eigenvalue weighted by molar-refractivity contribution is -0.158. The van der Waals surface area contributed by atoms with Gasteiger partial charge in [-0.25, -0.2) is 0 Å². The van der Waals surface area contributed by atoms with Crippen LogP contribution in [0, 0.1) is 17.8 Å². The number of esters is 1. The lowest BCUT2D eigenvalue weighted by atomic mass is 9.83. The highest BCUT2D eigenvalue weighted by atomic mass is 16.5. The second-order valence-corrected chi connectivity index (χ2v) is 6.99. The number of carbonyl (C=O) groups is 3. The molecule has 0 saturated heterocycles. The maximum Gasteiger partial charge on any atom is 0.330 e. The summed E-state index contributed by atoms with van der Waals surface area (Å²) < 4.78 is 5.34. The Bertz CT molecular complexity index is 945. The van der Waals surface area contributed by atoms with Gasteiger partial charge in [-0.1, -0.05) is 55.0 Å². The van der Waals surface area contributed by atoms with Crippen molar-refractivity contribution in [2.75, 3.05) is 0 Å². The fourth-order valence-corrected chi connectivity index (χ4v) is 4.64. The second kappa shape index (κ2) is 5.27. The van der Waals surface area contributed by atoms with E-state index in [1.54, 1.807) is 43.3 Å². The molecule has 132 valence electrons. The van der Waals surface area contributed by atoms with Crippen LogP contribution in [-0.2, 0) is 9.59 Å². The van der Waals surface area contributed by atoms with Crippen LogP contribution in [0.2, 0.25) is 0 Å². The van der Waals surface area contributed by atoms with Crippen LogP contribution in [0.4, 0.5) is 0 Å². The molecule has 1 aliphatic heterocycles. The number of para-hydroxylation sites is 1. The molecule has 26 heavy (non-hydrogen) atoms. The molecule has 0 bridgehead atoms. The Morgan fingerprint density at radius 2 is 1.77 bits per heavy atom. The molecule has 1 heterocycles. The highest BCUT2D eigenvalue weighted by Crippen LogP contribution is 2.79. The summed E-state index contributed by atoms with van der Waals surface area (Å²) in [6.07, 6.45) is 0.236. The van der Waals surface area contributed by atoms with E-state index in [0.29, 0.717) is 16.9 Å². The molecule has 0 amide bonds. The number of Topliss-reactive ketones (excluding diaryl/α,β-unsaturated/α-hetero) is 1. The Labute approximate surface area is 150 Å². The van der Waals surface area contributed by atoms with Crippen LogP contribution in [0.1, 0.15) is 40.7 Å². The summed E-state index contributed by atoms with van der Waals surface area (Å²) in [7, 11) is 0. The lowest BCUT2D eigenvalue weighted by Crippen LogP contribution is -2.39. The van der Waals surface area contributed by atoms with Crippen molar-refractivity contribution >= 4 is 17.7 Å². The summed E-state index contributed by atoms with van der Waals surface area (Å²) in [5.74, 6) is -2.85. The van der Waals surface area contributed by atoms with Gasteiger partial charge in [-0.05, 0) is 19.4 Å². The third-order valence-electron chi connectivity index (χ3n) is 5.91. The zero-order valence-electron chi connectivity index (χ0n) is 14.5. The summed E-state index contributed by atoms with van der Waals surface area (Å²) in [4.78, 5) is 38.5. The molecule has 3 atom stereocenters. The van der Waals surface area contributed by atoms with Crippen molar-refractivity contribution in [2.24, 2.45) is 10.8 Å². The van der Waals surface area contributed by atoms with Crippen molar-refractivity contribution < 1.29 is 24.2 Å². The molecule has 1 N–H and O–H groups in total. The standard InChI is InChI=1S/C21H18O5/c1-3-20(17(22)13-10-8-12(2)9-11-13)16-14-6-4-5-7-15(14)26-19(25)21(16,20)18(23)24/h4-11,16H,3H2,1-2H3,(H,23,24)/t16-,20+,21+/m0/s1. The number of ketones is 1. The van der Waals surface area contributed by atoms with Crippen LogP contribution >= 0.6 is 0 Å². The summed E-state index contributed by atoms with van der Waals surface area (Å²) in [5, 5.41) is 9.99. The van der Waals surface area contributed by atoms with Gasteiger partial charge in [-0.2, -0.15) is 0 Å². The minimum Gasteiger partial charge on any atom is -0.480 e. The average molecular weight is 350 g/mol. The molecular weight excluding hydrogens is 332 g/mol. The summed E-state index contributed by atoms with van der Waals surface area (Å²) in [6.45, 7) is 3.66. The van der Waals surface area contributed by atoms with Gasteiger partial charge in [0.2, 0.25) is 0 Å². The Morgan fingerprint density at radius 1 is 1.12 bits per heavy atom. The van der Waals surface area contributed by atoms with Crippen molar-refractivity contribution in [3.05, 3.63) is 65.2 Å². The van der Waals surface area contributed by atoms with Gasteiger partial charge in [-0.3, -0.25) is 14.4 Å². The normalized spacial score (nSPS) is 28.5. The van der Waals surface area contributed by atoms with Crippen molar-refractivity contribution in [1.29, 1.82) is 0 Å². The highest BCUT2D eigenvalue weighted by molar-refractivity contribution is 6.19. The SMILES string of the molecule is CC[C@]1(C(=O)c2ccc(C)cc2)[C@@H]2c3ccccc3OC(=O)[C@]21C(=O)O. The van der Waals surface area contributed by atoms with Crippen LogP contribution in [-0.4, -0.2) is 22.8 Å². The Balaban J connectivity index is 1.93. The minimum absolute atomic E-state index is 0.236. The van der Waals surface area contributed by atoms with Gasteiger partial charge in [0.15, 0.2) is 11.2 Å². The van der Waals surface area contributed by atoms with E-state index >= 15 is 0 Å². The van der Waals surface area contributed by atoms with E-state index in [0.717, 1.165) is 5.56 Å². The molecule has 1 fully saturated rings. The fourth-order valence-electron chi connectivity index (χ4n) is 4.64. The first-order chi connectivity index (χ1) is 12.4. The number of fused-ring (bicyclic) bond motifs is 3. The lowest BCUT2D eigenvalue weighted by Gasteiger charge is -2.20. The van der Waals surface area contributed by atoms with Gasteiger partial charge in [-0.15, -0.1) is 0 Å². The molecule has 2 aliphatic rings. The van der Waals surface area contributed by atoms with Crippen LogP contribution < -0.4 is 4.74 Å². The van der Waals surface area contributed by atoms with Gasteiger partial charge >= 0.3 is 11.9 Å². The van der Waals surface area contributed by atoms with E-state index in [1.165, 1.54) is 0 Å². The van der Waals surface area contributed by atoms with Gasteiger partial charge in [0.1, 0.15) is 5.75 Å². The Kier molecular flexibility index (Phi) is 3.35. The number of aliphatic carboxylic acids is 1. The minimum atomic E-state index is -1.86. The van der Waals surface area contributed by atoms with Gasteiger partial charge in [0, 0.05) is 17.0 Å². The molecular formula is C21H18O5. The highest BCUT2D eigenvalue weighted by Gasteiger charge is 2.89. The second-order valence-electron chi connectivity index (χ2n) is 6.99. The van der Waals surface area contributed by atoms with Gasteiger partial charge in [0.25, 0.3) is 0 Å². The van der Waals surface area contributed by atoms with Gasteiger partial charge < -0.3 is 9.84 Å². The van der Waals surface area contributed by atoms with Crippen LogP contribution in [0.15, 0.2) is 48.5 Å². The molecule has 0 spiro atoms. The zero-order chi connectivity index (χ0) is 18.7. The number of carboxylic acids is 1. The summed E-state index contributed by atoms with van der Waals surface area (Å²) >= 11 is 0. The molecule has 0 aromatic heterocycles. The molecule has 0 radical (unpaired) electrons. The zero-order valence-corrected chi connectivity index (χ0v) is 14.5. The number of ether oxygens (including phenoxy) is 1. The molecule has 0 unspecified atom stereocenters. The van der Waals surface area contributed by atoms with Crippen molar-refractivity contribution in [2.45, 2.75) is 26.2 Å². The third-order valence-corrected chi connectivity index (χ3v) is 5.91. The third kappa shape index (κ3) is 1.72. The predicted octanol–water partition coefficient (Wildman–Crippen LogP) is 3.36. The molecule has 5 heteroatoms. The molecule has 2 aromatic rings. The quantitative estimate of drug-likeness (QED) is 0.396. The van der Waals surface area contributed by atoms with E-state index in [4.69, 9.17) is 4.74 Å². The Hall–Kier alpha value is -2.95. The first-order valence-electron chi connectivity index (χ1n) is 8.57. The first kappa shape index (κ1) is 16.5. The largest absolute Gasteiger partial charge is 0.480 e. The van der Waals surface area contributed by atoms with Crippen molar-refractivity contribution in [1.82, 2.24) is 0 Å². The van der Waals surface area contributed by atoms with Crippen molar-refractivity contribution in [3.8, 4) is 5.75 Å². The number of benzene rings is 2. The monoisotopic (exact) mass is 350 g/mol. The number of hydrogen-bond donors (Lipinski definition) is 1. The summed E-state index contributed by atoms with van der Waals surface area (Å²) in [5.41, 5.74) is -1.18. The molecule has 5 nitrogen and oxygen atoms in total. The van der Waals surface area contributed by atoms with E-state index in [2.05, 4.69) is 0 Å². The average Bonchev–Trinajstić information content (AvgIpc) is 3.29. The number of aryl methyl sites for hydroxylation is 1. The van der Waals surface area contributed by atoms with Crippen LogP contribution in [0.3, 0.4) is 0 Å². The maximum absolute atomic E-state index is 13.4. The number of carbonyl (C=O) groups excluding carboxylic acids is 2. The van der Waals surface area contributed by atoms with Crippen LogP contribution in [0.25, 0.3) is 0 Å². The van der Waals surface area contributed by atoms with E-state index < -0.39 is 28.7 Å².